The summed E-state index contributed by atoms with van der Waals surface area (Å²) in [6.07, 6.45) is 0.616. The van der Waals surface area contributed by atoms with E-state index in [0.29, 0.717) is 13.0 Å². The highest BCUT2D eigenvalue weighted by Gasteiger charge is 1.94. The molecule has 0 aliphatic rings. The summed E-state index contributed by atoms with van der Waals surface area (Å²) in [6, 6.07) is 0. The van der Waals surface area contributed by atoms with Gasteiger partial charge in [0, 0.05) is 18.7 Å². The monoisotopic (exact) mass is 133 g/mol. The predicted molar refractivity (Wildman–Crippen MR) is 36.8 cm³/mol. The van der Waals surface area contributed by atoms with E-state index in [1.165, 1.54) is 11.8 Å². The summed E-state index contributed by atoms with van der Waals surface area (Å²) in [5.41, 5.74) is 5.16. The molecular formula is C5H11NOS. The molecule has 0 aromatic heterocycles. The van der Waals surface area contributed by atoms with Gasteiger partial charge in [0.1, 0.15) is 0 Å². The quantitative estimate of drug-likeness (QED) is 0.613. The Morgan fingerprint density at radius 1 is 1.75 bits per heavy atom. The molecule has 0 heterocycles. The van der Waals surface area contributed by atoms with Crippen LogP contribution in [0.15, 0.2) is 0 Å². The lowest BCUT2D eigenvalue weighted by Gasteiger charge is -1.91. The van der Waals surface area contributed by atoms with Gasteiger partial charge < -0.3 is 5.73 Å². The van der Waals surface area contributed by atoms with Gasteiger partial charge in [-0.1, -0.05) is 18.7 Å². The van der Waals surface area contributed by atoms with Gasteiger partial charge in [0.15, 0.2) is 5.12 Å². The molecule has 0 aliphatic heterocycles. The lowest BCUT2D eigenvalue weighted by molar-refractivity contribution is -0.110. The minimum atomic E-state index is 0.232. The Labute approximate surface area is 53.8 Å². The third kappa shape index (κ3) is 4.15. The summed E-state index contributed by atoms with van der Waals surface area (Å²) in [5.74, 6) is 0.757. The van der Waals surface area contributed by atoms with Crippen molar-refractivity contribution < 1.29 is 4.79 Å². The zero-order chi connectivity index (χ0) is 6.41. The van der Waals surface area contributed by atoms with Crippen LogP contribution in [0.4, 0.5) is 0 Å². The summed E-state index contributed by atoms with van der Waals surface area (Å²) in [6.45, 7) is 2.45. The van der Waals surface area contributed by atoms with E-state index in [2.05, 4.69) is 0 Å². The molecule has 0 amide bonds. The predicted octanol–water partition coefficient (Wildman–Crippen LogP) is 0.615. The Balaban J connectivity index is 2.99. The van der Waals surface area contributed by atoms with Crippen molar-refractivity contribution in [1.29, 1.82) is 0 Å². The van der Waals surface area contributed by atoms with Crippen LogP contribution < -0.4 is 5.73 Å². The van der Waals surface area contributed by atoms with Crippen LogP contribution in [-0.4, -0.2) is 17.4 Å². The first-order chi connectivity index (χ1) is 3.81. The highest BCUT2D eigenvalue weighted by molar-refractivity contribution is 8.13. The maximum atomic E-state index is 10.5. The van der Waals surface area contributed by atoms with Crippen LogP contribution in [0.25, 0.3) is 0 Å². The Morgan fingerprint density at radius 3 is 2.75 bits per heavy atom. The molecule has 0 radical (unpaired) electrons. The number of rotatable bonds is 3. The largest absolute Gasteiger partial charge is 0.330 e. The number of nitrogens with two attached hydrogens (primary N) is 1. The molecule has 2 N–H and O–H groups in total. The molecule has 0 rings (SSSR count). The van der Waals surface area contributed by atoms with Crippen molar-refractivity contribution >= 4 is 16.9 Å². The van der Waals surface area contributed by atoms with Crippen LogP contribution >= 0.6 is 11.8 Å². The standard InChI is InChI=1S/C5H11NOS/c1-2-5(7)8-4-3-6/h2-4,6H2,1H3. The minimum absolute atomic E-state index is 0.232. The fourth-order valence-electron chi connectivity index (χ4n) is 0.275. The molecule has 0 spiro atoms. The van der Waals surface area contributed by atoms with Crippen molar-refractivity contribution in [3.63, 3.8) is 0 Å². The summed E-state index contributed by atoms with van der Waals surface area (Å²) in [7, 11) is 0. The highest BCUT2D eigenvalue weighted by atomic mass is 32.2. The Bertz CT molecular complexity index is 74.8. The van der Waals surface area contributed by atoms with Crippen molar-refractivity contribution in [3.8, 4) is 0 Å². The first-order valence-electron chi connectivity index (χ1n) is 2.67. The summed E-state index contributed by atoms with van der Waals surface area (Å²) < 4.78 is 0. The number of hydrogen-bond donors (Lipinski definition) is 1. The molecule has 0 saturated heterocycles. The van der Waals surface area contributed by atoms with E-state index in [1.807, 2.05) is 6.92 Å². The fourth-order valence-corrected chi connectivity index (χ4v) is 0.824. The second kappa shape index (κ2) is 5.12. The third-order valence-corrected chi connectivity index (χ3v) is 1.72. The van der Waals surface area contributed by atoms with E-state index in [-0.39, 0.29) is 5.12 Å². The van der Waals surface area contributed by atoms with Gasteiger partial charge in [0.2, 0.25) is 0 Å². The molecule has 0 saturated carbocycles. The third-order valence-electron chi connectivity index (χ3n) is 0.670. The SMILES string of the molecule is CCC(=O)SCCN. The van der Waals surface area contributed by atoms with Gasteiger partial charge in [-0.15, -0.1) is 0 Å². The van der Waals surface area contributed by atoms with E-state index in [0.717, 1.165) is 5.75 Å². The number of carbonyl (C=O) groups excluding carboxylic acids is 1. The van der Waals surface area contributed by atoms with E-state index in [4.69, 9.17) is 5.73 Å². The lowest BCUT2D eigenvalue weighted by atomic mass is 10.6. The van der Waals surface area contributed by atoms with Crippen molar-refractivity contribution in [2.45, 2.75) is 13.3 Å². The molecule has 0 atom stereocenters. The average Bonchev–Trinajstić information content (AvgIpc) is 1.83. The Hall–Kier alpha value is -0.0200. The molecule has 3 heteroatoms. The highest BCUT2D eigenvalue weighted by Crippen LogP contribution is 2.01. The summed E-state index contributed by atoms with van der Waals surface area (Å²) in [5, 5.41) is 0.232. The number of carbonyl (C=O) groups is 1. The van der Waals surface area contributed by atoms with Crippen molar-refractivity contribution in [2.24, 2.45) is 5.73 Å². The van der Waals surface area contributed by atoms with Crippen LogP contribution in [0.2, 0.25) is 0 Å². The molecule has 0 fully saturated rings. The Morgan fingerprint density at radius 2 is 2.38 bits per heavy atom. The second-order valence-corrected chi connectivity index (χ2v) is 2.51. The maximum Gasteiger partial charge on any atom is 0.188 e. The fraction of sp³-hybridized carbons (Fsp3) is 0.800. The molecule has 0 aromatic rings. The van der Waals surface area contributed by atoms with Gasteiger partial charge in [-0.25, -0.2) is 0 Å². The van der Waals surface area contributed by atoms with Crippen molar-refractivity contribution in [1.82, 2.24) is 0 Å². The zero-order valence-corrected chi connectivity index (χ0v) is 5.83. The van der Waals surface area contributed by atoms with Crippen molar-refractivity contribution in [3.05, 3.63) is 0 Å². The molecular weight excluding hydrogens is 122 g/mol. The number of thioether (sulfide) groups is 1. The molecule has 0 bridgehead atoms. The van der Waals surface area contributed by atoms with Crippen LogP contribution in [0.5, 0.6) is 0 Å². The van der Waals surface area contributed by atoms with Crippen LogP contribution in [0, 0.1) is 0 Å². The second-order valence-electron chi connectivity index (χ2n) is 1.36. The van der Waals surface area contributed by atoms with Gasteiger partial charge in [0.25, 0.3) is 0 Å². The van der Waals surface area contributed by atoms with Crippen LogP contribution in [0.3, 0.4) is 0 Å². The van der Waals surface area contributed by atoms with E-state index >= 15 is 0 Å². The molecule has 2 nitrogen and oxygen atoms in total. The smallest absolute Gasteiger partial charge is 0.188 e. The van der Waals surface area contributed by atoms with E-state index < -0.39 is 0 Å². The zero-order valence-electron chi connectivity index (χ0n) is 5.02. The summed E-state index contributed by atoms with van der Waals surface area (Å²) in [4.78, 5) is 10.5. The van der Waals surface area contributed by atoms with Crippen LogP contribution in [-0.2, 0) is 4.79 Å². The number of hydrogen-bond acceptors (Lipinski definition) is 3. The van der Waals surface area contributed by atoms with Gasteiger partial charge in [-0.3, -0.25) is 4.79 Å². The van der Waals surface area contributed by atoms with E-state index in [9.17, 15) is 4.79 Å². The molecule has 0 aliphatic carbocycles. The van der Waals surface area contributed by atoms with Gasteiger partial charge in [0.05, 0.1) is 0 Å². The van der Waals surface area contributed by atoms with Crippen LogP contribution in [0.1, 0.15) is 13.3 Å². The molecule has 0 aromatic carbocycles. The van der Waals surface area contributed by atoms with Gasteiger partial charge in [-0.2, -0.15) is 0 Å². The van der Waals surface area contributed by atoms with Crippen molar-refractivity contribution in [2.75, 3.05) is 12.3 Å². The Kier molecular flexibility index (Phi) is 5.11. The van der Waals surface area contributed by atoms with Gasteiger partial charge >= 0.3 is 0 Å². The maximum absolute atomic E-state index is 10.5. The van der Waals surface area contributed by atoms with Gasteiger partial charge in [-0.05, 0) is 0 Å². The average molecular weight is 133 g/mol. The molecule has 8 heavy (non-hydrogen) atoms. The molecule has 0 unspecified atom stereocenters. The minimum Gasteiger partial charge on any atom is -0.330 e. The van der Waals surface area contributed by atoms with E-state index in [1.54, 1.807) is 0 Å². The lowest BCUT2D eigenvalue weighted by Crippen LogP contribution is -2.03. The topological polar surface area (TPSA) is 43.1 Å². The normalized spacial score (nSPS) is 9.25. The summed E-state index contributed by atoms with van der Waals surface area (Å²) >= 11 is 1.31. The first-order valence-corrected chi connectivity index (χ1v) is 3.65. The first kappa shape index (κ1) is 7.98. The molecule has 48 valence electrons.